The third-order valence-corrected chi connectivity index (χ3v) is 5.17. The van der Waals surface area contributed by atoms with Gasteiger partial charge in [0.05, 0.1) is 10.5 Å². The van der Waals surface area contributed by atoms with Crippen molar-refractivity contribution in [1.29, 1.82) is 0 Å². The van der Waals surface area contributed by atoms with Crippen LogP contribution in [0.3, 0.4) is 0 Å². The number of aliphatic carboxylic acids is 1. The van der Waals surface area contributed by atoms with Crippen molar-refractivity contribution in [2.24, 2.45) is 5.92 Å². The molecule has 1 aliphatic carbocycles. The first-order valence-corrected chi connectivity index (χ1v) is 8.59. The Morgan fingerprint density at radius 3 is 2.56 bits per heavy atom. The first-order valence-electron chi connectivity index (χ1n) is 8.59. The molecule has 0 aliphatic heterocycles. The minimum Gasteiger partial charge on any atom is -0.480 e. The summed E-state index contributed by atoms with van der Waals surface area (Å²) < 4.78 is 0. The van der Waals surface area contributed by atoms with E-state index in [1.54, 1.807) is 0 Å². The molecule has 1 saturated carbocycles. The number of carboxylic acids is 1. The van der Waals surface area contributed by atoms with Crippen LogP contribution < -0.4 is 10.9 Å². The van der Waals surface area contributed by atoms with Gasteiger partial charge >= 0.3 is 5.97 Å². The van der Waals surface area contributed by atoms with Gasteiger partial charge in [0, 0.05) is 29.1 Å². The maximum Gasteiger partial charge on any atom is 0.329 e. The number of hydrogen-bond acceptors (Lipinski definition) is 5. The van der Waals surface area contributed by atoms with Gasteiger partial charge in [-0.2, -0.15) is 0 Å². The van der Waals surface area contributed by atoms with E-state index >= 15 is 0 Å². The maximum atomic E-state index is 12.9. The van der Waals surface area contributed by atoms with Gasteiger partial charge in [0.25, 0.3) is 11.6 Å². The molecule has 1 aliphatic rings. The lowest BCUT2D eigenvalue weighted by atomic mass is 9.77. The van der Waals surface area contributed by atoms with Crippen molar-refractivity contribution in [3.8, 4) is 0 Å². The Labute approximate surface area is 153 Å². The largest absolute Gasteiger partial charge is 0.480 e. The molecule has 2 aromatic rings. The number of amides is 1. The van der Waals surface area contributed by atoms with Crippen molar-refractivity contribution < 1.29 is 19.6 Å². The fourth-order valence-electron chi connectivity index (χ4n) is 3.48. The zero-order chi connectivity index (χ0) is 19.8. The second-order valence-corrected chi connectivity index (χ2v) is 7.06. The number of fused-ring (bicyclic) bond motifs is 1. The molecule has 1 fully saturated rings. The SMILES string of the molecule is CC1CCC(NC(=O)c2cc(=O)[nH]c3ccc([N+](=O)[O-])cc23)(C(=O)O)CC1. The average molecular weight is 373 g/mol. The van der Waals surface area contributed by atoms with Crippen LogP contribution in [0.4, 0.5) is 5.69 Å². The van der Waals surface area contributed by atoms with Crippen molar-refractivity contribution in [1.82, 2.24) is 10.3 Å². The van der Waals surface area contributed by atoms with Gasteiger partial charge in [0.15, 0.2) is 0 Å². The van der Waals surface area contributed by atoms with Crippen LogP contribution in [0.5, 0.6) is 0 Å². The summed E-state index contributed by atoms with van der Waals surface area (Å²) in [4.78, 5) is 49.5. The summed E-state index contributed by atoms with van der Waals surface area (Å²) in [6, 6.07) is 4.79. The molecule has 1 aromatic carbocycles. The van der Waals surface area contributed by atoms with Crippen LogP contribution >= 0.6 is 0 Å². The normalized spacial score (nSPS) is 22.3. The number of H-pyrrole nitrogens is 1. The van der Waals surface area contributed by atoms with Crippen molar-refractivity contribution in [3.63, 3.8) is 0 Å². The van der Waals surface area contributed by atoms with E-state index in [9.17, 15) is 29.6 Å². The molecule has 0 saturated heterocycles. The summed E-state index contributed by atoms with van der Waals surface area (Å²) in [5.41, 5.74) is -2.01. The molecule has 3 rings (SSSR count). The van der Waals surface area contributed by atoms with E-state index in [4.69, 9.17) is 0 Å². The Hall–Kier alpha value is -3.23. The Morgan fingerprint density at radius 2 is 1.96 bits per heavy atom. The first-order chi connectivity index (χ1) is 12.7. The second kappa shape index (κ2) is 6.82. The number of carbonyl (C=O) groups is 2. The summed E-state index contributed by atoms with van der Waals surface area (Å²) in [6.07, 6.45) is 1.90. The van der Waals surface area contributed by atoms with E-state index in [1.165, 1.54) is 18.2 Å². The van der Waals surface area contributed by atoms with Gasteiger partial charge in [-0.15, -0.1) is 0 Å². The van der Waals surface area contributed by atoms with E-state index in [0.717, 1.165) is 6.07 Å². The number of aromatic nitrogens is 1. The molecule has 0 spiro atoms. The topological polar surface area (TPSA) is 142 Å². The number of carboxylic acid groups (broad SMARTS) is 1. The summed E-state index contributed by atoms with van der Waals surface area (Å²) in [5, 5.41) is 23.5. The minimum absolute atomic E-state index is 0.0864. The molecular formula is C18H19N3O6. The van der Waals surface area contributed by atoms with Gasteiger partial charge in [0.2, 0.25) is 5.56 Å². The fraction of sp³-hybridized carbons (Fsp3) is 0.389. The minimum atomic E-state index is -1.40. The standard InChI is InChI=1S/C18H19N3O6/c1-10-4-6-18(7-5-10,17(24)25)20-16(23)13-9-15(22)19-14-3-2-11(21(26)27)8-12(13)14/h2-3,8-10H,4-7H2,1H3,(H,19,22)(H,20,23)(H,24,25). The number of hydrogen-bond donors (Lipinski definition) is 3. The molecule has 1 amide bonds. The van der Waals surface area contributed by atoms with Crippen molar-refractivity contribution >= 4 is 28.5 Å². The molecule has 1 aromatic heterocycles. The summed E-state index contributed by atoms with van der Waals surface area (Å²) in [6.45, 7) is 2.02. The Bertz CT molecular complexity index is 988. The van der Waals surface area contributed by atoms with Crippen LogP contribution in [0.1, 0.15) is 43.0 Å². The Morgan fingerprint density at radius 1 is 1.30 bits per heavy atom. The molecule has 0 atom stereocenters. The summed E-state index contributed by atoms with van der Waals surface area (Å²) in [5.74, 6) is -1.48. The molecule has 0 unspecified atom stereocenters. The van der Waals surface area contributed by atoms with Gasteiger partial charge in [0.1, 0.15) is 5.54 Å². The molecule has 9 heteroatoms. The number of rotatable bonds is 4. The average Bonchev–Trinajstić information content (AvgIpc) is 2.62. The third kappa shape index (κ3) is 3.53. The van der Waals surface area contributed by atoms with E-state index in [2.05, 4.69) is 10.3 Å². The number of non-ortho nitro benzene ring substituents is 1. The number of benzene rings is 1. The monoisotopic (exact) mass is 373 g/mol. The predicted octanol–water partition coefficient (Wildman–Crippen LogP) is 2.20. The van der Waals surface area contributed by atoms with Gasteiger partial charge < -0.3 is 15.4 Å². The molecule has 27 heavy (non-hydrogen) atoms. The van der Waals surface area contributed by atoms with Gasteiger partial charge in [-0.05, 0) is 37.7 Å². The van der Waals surface area contributed by atoms with Gasteiger partial charge in [-0.1, -0.05) is 6.92 Å². The third-order valence-electron chi connectivity index (χ3n) is 5.17. The quantitative estimate of drug-likeness (QED) is 0.554. The van der Waals surface area contributed by atoms with E-state index in [0.29, 0.717) is 18.8 Å². The Balaban J connectivity index is 2.04. The molecule has 142 valence electrons. The highest BCUT2D eigenvalue weighted by molar-refractivity contribution is 6.08. The molecule has 3 N–H and O–H groups in total. The fourth-order valence-corrected chi connectivity index (χ4v) is 3.48. The highest BCUT2D eigenvalue weighted by Crippen LogP contribution is 2.33. The molecule has 0 radical (unpaired) electrons. The lowest BCUT2D eigenvalue weighted by Gasteiger charge is -2.36. The number of nitro groups is 1. The number of pyridine rings is 1. The van der Waals surface area contributed by atoms with Gasteiger partial charge in [-0.3, -0.25) is 19.7 Å². The van der Waals surface area contributed by atoms with Crippen molar-refractivity contribution in [3.05, 3.63) is 50.3 Å². The van der Waals surface area contributed by atoms with Gasteiger partial charge in [-0.25, -0.2) is 4.79 Å². The van der Waals surface area contributed by atoms with Crippen molar-refractivity contribution in [2.75, 3.05) is 0 Å². The Kier molecular flexibility index (Phi) is 4.69. The van der Waals surface area contributed by atoms with Crippen LogP contribution in [0.15, 0.2) is 29.1 Å². The molecule has 0 bridgehead atoms. The predicted molar refractivity (Wildman–Crippen MR) is 96.7 cm³/mol. The number of carbonyl (C=O) groups excluding carboxylic acids is 1. The van der Waals surface area contributed by atoms with E-state index in [1.807, 2.05) is 6.92 Å². The van der Waals surface area contributed by atoms with Crippen molar-refractivity contribution in [2.45, 2.75) is 38.1 Å². The number of aromatic amines is 1. The lowest BCUT2D eigenvalue weighted by molar-refractivity contribution is -0.384. The smallest absolute Gasteiger partial charge is 0.329 e. The molecular weight excluding hydrogens is 354 g/mol. The number of nitrogens with zero attached hydrogens (tertiary/aromatic N) is 1. The van der Waals surface area contributed by atoms with Crippen LogP contribution in [0.2, 0.25) is 0 Å². The van der Waals surface area contributed by atoms with E-state index < -0.39 is 27.9 Å². The number of nitrogens with one attached hydrogen (secondary N) is 2. The zero-order valence-corrected chi connectivity index (χ0v) is 14.7. The highest BCUT2D eigenvalue weighted by Gasteiger charge is 2.42. The zero-order valence-electron chi connectivity index (χ0n) is 14.7. The lowest BCUT2D eigenvalue weighted by Crippen LogP contribution is -2.56. The van der Waals surface area contributed by atoms with Crippen LogP contribution in [-0.4, -0.2) is 32.4 Å². The maximum absolute atomic E-state index is 12.9. The van der Waals surface area contributed by atoms with Crippen LogP contribution in [0, 0.1) is 16.0 Å². The second-order valence-electron chi connectivity index (χ2n) is 7.06. The first kappa shape index (κ1) is 18.6. The summed E-state index contributed by atoms with van der Waals surface area (Å²) in [7, 11) is 0. The highest BCUT2D eigenvalue weighted by atomic mass is 16.6. The molecule has 1 heterocycles. The summed E-state index contributed by atoms with van der Waals surface area (Å²) >= 11 is 0. The van der Waals surface area contributed by atoms with Crippen LogP contribution in [0.25, 0.3) is 10.9 Å². The number of nitro benzene ring substituents is 1. The molecule has 9 nitrogen and oxygen atoms in total. The van der Waals surface area contributed by atoms with E-state index in [-0.39, 0.29) is 35.0 Å². The van der Waals surface area contributed by atoms with Crippen LogP contribution in [-0.2, 0) is 4.79 Å².